The normalized spacial score (nSPS) is 21.1. The minimum Gasteiger partial charge on any atom is -0.378 e. The van der Waals surface area contributed by atoms with Gasteiger partial charge in [0.15, 0.2) is 0 Å². The first-order valence-electron chi connectivity index (χ1n) is 6.86. The Morgan fingerprint density at radius 3 is 2.72 bits per heavy atom. The second kappa shape index (κ2) is 7.27. The van der Waals surface area contributed by atoms with E-state index in [1.54, 1.807) is 0 Å². The third-order valence-electron chi connectivity index (χ3n) is 3.73. The minimum atomic E-state index is 0.486. The molecule has 1 heterocycles. The van der Waals surface area contributed by atoms with E-state index >= 15 is 0 Å². The average Bonchev–Trinajstić information content (AvgIpc) is 2.89. The summed E-state index contributed by atoms with van der Waals surface area (Å²) in [4.78, 5) is 0. The summed E-state index contributed by atoms with van der Waals surface area (Å²) in [6, 6.07) is 8.54. The number of hydrogen-bond donors (Lipinski definition) is 1. The average molecular weight is 312 g/mol. The maximum absolute atomic E-state index is 5.89. The van der Waals surface area contributed by atoms with Crippen LogP contribution in [-0.2, 0) is 4.74 Å². The van der Waals surface area contributed by atoms with E-state index in [0.717, 1.165) is 24.0 Å². The minimum absolute atomic E-state index is 0.486. The summed E-state index contributed by atoms with van der Waals surface area (Å²) in [5.41, 5.74) is 7.25. The molecule has 2 N–H and O–H groups in total. The molecule has 1 aliphatic heterocycles. The molecule has 18 heavy (non-hydrogen) atoms. The molecule has 2 unspecified atom stereocenters. The lowest BCUT2D eigenvalue weighted by Gasteiger charge is -2.16. The monoisotopic (exact) mass is 311 g/mol. The molecule has 2 rings (SSSR count). The number of ether oxygens (including phenoxy) is 1. The number of hydrogen-bond acceptors (Lipinski definition) is 2. The third kappa shape index (κ3) is 4.08. The standard InChI is InChI=1S/C15H22BrNO/c16-14-8-6-12(7-9-14)13(11-17)3-1-4-15-5-2-10-18-15/h6-9,13,15H,1-5,10-11,17H2. The summed E-state index contributed by atoms with van der Waals surface area (Å²) in [5.74, 6) is 0.486. The van der Waals surface area contributed by atoms with Crippen molar-refractivity contribution in [3.8, 4) is 0 Å². The van der Waals surface area contributed by atoms with E-state index in [1.165, 1.54) is 31.2 Å². The molecule has 0 radical (unpaired) electrons. The lowest BCUT2D eigenvalue weighted by Crippen LogP contribution is -2.13. The summed E-state index contributed by atoms with van der Waals surface area (Å²) in [5, 5.41) is 0. The first kappa shape index (κ1) is 14.0. The van der Waals surface area contributed by atoms with Crippen molar-refractivity contribution in [1.29, 1.82) is 0 Å². The topological polar surface area (TPSA) is 35.2 Å². The molecule has 0 saturated carbocycles. The molecule has 0 aromatic heterocycles. The SMILES string of the molecule is NCC(CCCC1CCCO1)c1ccc(Br)cc1. The Bertz CT molecular complexity index is 346. The molecule has 100 valence electrons. The van der Waals surface area contributed by atoms with E-state index < -0.39 is 0 Å². The zero-order chi connectivity index (χ0) is 12.8. The van der Waals surface area contributed by atoms with Crippen LogP contribution in [0.25, 0.3) is 0 Å². The van der Waals surface area contributed by atoms with Crippen molar-refractivity contribution in [2.75, 3.05) is 13.2 Å². The zero-order valence-corrected chi connectivity index (χ0v) is 12.4. The number of rotatable bonds is 6. The van der Waals surface area contributed by atoms with Gasteiger partial charge in [0.25, 0.3) is 0 Å². The summed E-state index contributed by atoms with van der Waals surface area (Å²) in [7, 11) is 0. The fourth-order valence-corrected chi connectivity index (χ4v) is 2.88. The summed E-state index contributed by atoms with van der Waals surface area (Å²) >= 11 is 3.47. The van der Waals surface area contributed by atoms with Gasteiger partial charge in [0.1, 0.15) is 0 Å². The number of nitrogens with two attached hydrogens (primary N) is 1. The molecule has 1 aromatic carbocycles. The highest BCUT2D eigenvalue weighted by atomic mass is 79.9. The van der Waals surface area contributed by atoms with Crippen molar-refractivity contribution in [3.63, 3.8) is 0 Å². The van der Waals surface area contributed by atoms with Gasteiger partial charge in [0.2, 0.25) is 0 Å². The molecule has 2 nitrogen and oxygen atoms in total. The van der Waals surface area contributed by atoms with Crippen LogP contribution in [0.15, 0.2) is 28.7 Å². The van der Waals surface area contributed by atoms with Crippen molar-refractivity contribution in [1.82, 2.24) is 0 Å². The van der Waals surface area contributed by atoms with E-state index in [1.807, 2.05) is 0 Å². The highest BCUT2D eigenvalue weighted by molar-refractivity contribution is 9.10. The summed E-state index contributed by atoms with van der Waals surface area (Å²) in [6.45, 7) is 1.69. The molecule has 0 amide bonds. The second-order valence-corrected chi connectivity index (χ2v) is 5.97. The van der Waals surface area contributed by atoms with Crippen molar-refractivity contribution < 1.29 is 4.74 Å². The van der Waals surface area contributed by atoms with Gasteiger partial charge in [-0.15, -0.1) is 0 Å². The van der Waals surface area contributed by atoms with Gasteiger partial charge in [-0.1, -0.05) is 34.5 Å². The van der Waals surface area contributed by atoms with Gasteiger partial charge < -0.3 is 10.5 Å². The fraction of sp³-hybridized carbons (Fsp3) is 0.600. The van der Waals surface area contributed by atoms with Crippen LogP contribution in [0.1, 0.15) is 43.6 Å². The van der Waals surface area contributed by atoms with Gasteiger partial charge in [0, 0.05) is 11.1 Å². The molecule has 1 fully saturated rings. The molecule has 0 bridgehead atoms. The number of halogens is 1. The molecule has 2 atom stereocenters. The summed E-state index contributed by atoms with van der Waals surface area (Å²) < 4.78 is 6.78. The van der Waals surface area contributed by atoms with Crippen molar-refractivity contribution in [3.05, 3.63) is 34.3 Å². The Morgan fingerprint density at radius 2 is 2.11 bits per heavy atom. The van der Waals surface area contributed by atoms with Crippen LogP contribution in [0.3, 0.4) is 0 Å². The van der Waals surface area contributed by atoms with Crippen LogP contribution in [0, 0.1) is 0 Å². The van der Waals surface area contributed by atoms with Gasteiger partial charge in [0.05, 0.1) is 6.10 Å². The Morgan fingerprint density at radius 1 is 1.33 bits per heavy atom. The third-order valence-corrected chi connectivity index (χ3v) is 4.26. The van der Waals surface area contributed by atoms with E-state index in [9.17, 15) is 0 Å². The molecular formula is C15H22BrNO. The van der Waals surface area contributed by atoms with Crippen LogP contribution in [0.2, 0.25) is 0 Å². The largest absolute Gasteiger partial charge is 0.378 e. The molecule has 1 aromatic rings. The highest BCUT2D eigenvalue weighted by Gasteiger charge is 2.16. The fourth-order valence-electron chi connectivity index (χ4n) is 2.62. The van der Waals surface area contributed by atoms with Gasteiger partial charge >= 0.3 is 0 Å². The lowest BCUT2D eigenvalue weighted by atomic mass is 9.93. The summed E-state index contributed by atoms with van der Waals surface area (Å²) in [6.07, 6.45) is 6.55. The lowest BCUT2D eigenvalue weighted by molar-refractivity contribution is 0.101. The molecule has 1 saturated heterocycles. The van der Waals surface area contributed by atoms with Gasteiger partial charge in [-0.3, -0.25) is 0 Å². The maximum Gasteiger partial charge on any atom is 0.0576 e. The first-order valence-corrected chi connectivity index (χ1v) is 7.66. The molecule has 1 aliphatic rings. The molecule has 0 aliphatic carbocycles. The van der Waals surface area contributed by atoms with Crippen LogP contribution < -0.4 is 5.73 Å². The van der Waals surface area contributed by atoms with Crippen LogP contribution in [-0.4, -0.2) is 19.3 Å². The van der Waals surface area contributed by atoms with Crippen LogP contribution >= 0.6 is 15.9 Å². The quantitative estimate of drug-likeness (QED) is 0.866. The van der Waals surface area contributed by atoms with Gasteiger partial charge in [-0.05, 0) is 55.8 Å². The zero-order valence-electron chi connectivity index (χ0n) is 10.8. The van der Waals surface area contributed by atoms with Crippen molar-refractivity contribution >= 4 is 15.9 Å². The Kier molecular flexibility index (Phi) is 5.67. The van der Waals surface area contributed by atoms with Crippen molar-refractivity contribution in [2.45, 2.75) is 44.1 Å². The smallest absolute Gasteiger partial charge is 0.0576 e. The second-order valence-electron chi connectivity index (χ2n) is 5.05. The Balaban J connectivity index is 1.79. The maximum atomic E-state index is 5.89. The van der Waals surface area contributed by atoms with E-state index in [-0.39, 0.29) is 0 Å². The molecule has 3 heteroatoms. The van der Waals surface area contributed by atoms with E-state index in [0.29, 0.717) is 12.0 Å². The van der Waals surface area contributed by atoms with Gasteiger partial charge in [-0.25, -0.2) is 0 Å². The van der Waals surface area contributed by atoms with E-state index in [4.69, 9.17) is 10.5 Å². The van der Waals surface area contributed by atoms with E-state index in [2.05, 4.69) is 40.2 Å². The van der Waals surface area contributed by atoms with Gasteiger partial charge in [-0.2, -0.15) is 0 Å². The Labute approximate surface area is 118 Å². The highest BCUT2D eigenvalue weighted by Crippen LogP contribution is 2.25. The first-order chi connectivity index (χ1) is 8.79. The predicted molar refractivity (Wildman–Crippen MR) is 78.8 cm³/mol. The van der Waals surface area contributed by atoms with Crippen molar-refractivity contribution in [2.24, 2.45) is 5.73 Å². The number of benzene rings is 1. The molecule has 0 spiro atoms. The Hall–Kier alpha value is -0.380. The predicted octanol–water partition coefficient (Wildman–Crippen LogP) is 3.84. The van der Waals surface area contributed by atoms with Crippen LogP contribution in [0.4, 0.5) is 0 Å². The molecular weight excluding hydrogens is 290 g/mol. The van der Waals surface area contributed by atoms with Crippen LogP contribution in [0.5, 0.6) is 0 Å².